The van der Waals surface area contributed by atoms with Crippen molar-refractivity contribution in [2.75, 3.05) is 5.32 Å². The van der Waals surface area contributed by atoms with Gasteiger partial charge in [0.1, 0.15) is 12.0 Å². The summed E-state index contributed by atoms with van der Waals surface area (Å²) >= 11 is 0. The first-order chi connectivity index (χ1) is 8.29. The fourth-order valence-corrected chi connectivity index (χ4v) is 1.30. The topological polar surface area (TPSA) is 72.0 Å². The summed E-state index contributed by atoms with van der Waals surface area (Å²) in [6, 6.07) is 6.63. The van der Waals surface area contributed by atoms with Crippen LogP contribution in [0.25, 0.3) is 0 Å². The smallest absolute Gasteiger partial charge is 0.275 e. The Morgan fingerprint density at radius 1 is 1.29 bits per heavy atom. The van der Waals surface area contributed by atoms with E-state index in [9.17, 15) is 9.59 Å². The van der Waals surface area contributed by atoms with E-state index in [1.807, 2.05) is 0 Å². The zero-order valence-corrected chi connectivity index (χ0v) is 8.83. The summed E-state index contributed by atoms with van der Waals surface area (Å²) < 4.78 is 0. The number of hydrogen-bond acceptors (Lipinski definition) is 4. The predicted molar refractivity (Wildman–Crippen MR) is 61.8 cm³/mol. The third-order valence-corrected chi connectivity index (χ3v) is 2.08. The van der Waals surface area contributed by atoms with Gasteiger partial charge in [0.15, 0.2) is 0 Å². The fraction of sp³-hybridized carbons (Fsp3) is 0. The molecule has 0 aliphatic rings. The van der Waals surface area contributed by atoms with Crippen molar-refractivity contribution in [1.29, 1.82) is 0 Å². The van der Waals surface area contributed by atoms with Crippen LogP contribution in [-0.4, -0.2) is 22.2 Å². The highest BCUT2D eigenvalue weighted by Crippen LogP contribution is 2.10. The van der Waals surface area contributed by atoms with E-state index in [0.717, 1.165) is 6.29 Å². The molecular formula is C12H9N3O2. The second kappa shape index (κ2) is 4.98. The third kappa shape index (κ3) is 2.72. The highest BCUT2D eigenvalue weighted by molar-refractivity contribution is 6.02. The molecule has 0 atom stereocenters. The second-order valence-electron chi connectivity index (χ2n) is 3.29. The van der Waals surface area contributed by atoms with Crippen molar-refractivity contribution >= 4 is 17.9 Å². The van der Waals surface area contributed by atoms with E-state index in [4.69, 9.17) is 0 Å². The van der Waals surface area contributed by atoms with E-state index in [1.54, 1.807) is 24.3 Å². The van der Waals surface area contributed by atoms with Gasteiger partial charge in [-0.3, -0.25) is 14.6 Å². The zero-order valence-electron chi connectivity index (χ0n) is 8.83. The minimum absolute atomic E-state index is 0.226. The fourth-order valence-electron chi connectivity index (χ4n) is 1.30. The Kier molecular flexibility index (Phi) is 3.20. The Bertz CT molecular complexity index is 540. The molecule has 0 unspecified atom stereocenters. The molecule has 17 heavy (non-hydrogen) atoms. The number of aromatic nitrogens is 2. The number of benzene rings is 1. The summed E-state index contributed by atoms with van der Waals surface area (Å²) in [5.74, 6) is -0.360. The van der Waals surface area contributed by atoms with E-state index in [-0.39, 0.29) is 11.6 Å². The maximum Gasteiger partial charge on any atom is 0.275 e. The molecule has 2 rings (SSSR count). The van der Waals surface area contributed by atoms with Crippen molar-refractivity contribution in [3.8, 4) is 0 Å². The lowest BCUT2D eigenvalue weighted by molar-refractivity contribution is 0.102. The average molecular weight is 227 g/mol. The average Bonchev–Trinajstić information content (AvgIpc) is 2.40. The van der Waals surface area contributed by atoms with Crippen LogP contribution in [0.5, 0.6) is 0 Å². The summed E-state index contributed by atoms with van der Waals surface area (Å²) in [6.45, 7) is 0. The molecule has 2 aromatic rings. The number of carbonyl (C=O) groups is 2. The van der Waals surface area contributed by atoms with Gasteiger partial charge in [0.25, 0.3) is 5.91 Å². The van der Waals surface area contributed by atoms with E-state index in [2.05, 4.69) is 15.3 Å². The molecule has 0 radical (unpaired) electrons. The zero-order chi connectivity index (χ0) is 12.1. The van der Waals surface area contributed by atoms with Crippen LogP contribution < -0.4 is 5.32 Å². The largest absolute Gasteiger partial charge is 0.321 e. The first kappa shape index (κ1) is 10.9. The Morgan fingerprint density at radius 2 is 2.18 bits per heavy atom. The molecule has 0 aliphatic heterocycles. The molecule has 0 aliphatic carbocycles. The quantitative estimate of drug-likeness (QED) is 0.807. The van der Waals surface area contributed by atoms with Gasteiger partial charge in [-0.1, -0.05) is 12.1 Å². The van der Waals surface area contributed by atoms with Crippen LogP contribution in [0.4, 0.5) is 5.69 Å². The molecule has 0 saturated carbocycles. The van der Waals surface area contributed by atoms with Crippen molar-refractivity contribution in [2.24, 2.45) is 0 Å². The summed E-state index contributed by atoms with van der Waals surface area (Å²) in [5, 5.41) is 2.63. The van der Waals surface area contributed by atoms with Crippen molar-refractivity contribution in [3.05, 3.63) is 54.1 Å². The number of hydrogen-bond donors (Lipinski definition) is 1. The standard InChI is InChI=1S/C12H9N3O2/c16-8-9-2-1-3-10(6-9)15-12(17)11-7-13-4-5-14-11/h1-8H,(H,15,17). The van der Waals surface area contributed by atoms with Gasteiger partial charge in [0.05, 0.1) is 6.20 Å². The van der Waals surface area contributed by atoms with Crippen molar-refractivity contribution in [1.82, 2.24) is 9.97 Å². The lowest BCUT2D eigenvalue weighted by Gasteiger charge is -2.04. The molecule has 0 bridgehead atoms. The lowest BCUT2D eigenvalue weighted by Crippen LogP contribution is -2.13. The van der Waals surface area contributed by atoms with Crippen molar-refractivity contribution in [3.63, 3.8) is 0 Å². The highest BCUT2D eigenvalue weighted by Gasteiger charge is 2.07. The summed E-state index contributed by atoms with van der Waals surface area (Å²) in [5.41, 5.74) is 1.27. The van der Waals surface area contributed by atoms with Gasteiger partial charge in [-0.15, -0.1) is 0 Å². The Labute approximate surface area is 97.5 Å². The summed E-state index contributed by atoms with van der Waals surface area (Å²) in [6.07, 6.45) is 5.03. The molecule has 5 heteroatoms. The normalized spacial score (nSPS) is 9.65. The van der Waals surface area contributed by atoms with Crippen LogP contribution >= 0.6 is 0 Å². The highest BCUT2D eigenvalue weighted by atomic mass is 16.1. The van der Waals surface area contributed by atoms with E-state index in [1.165, 1.54) is 18.6 Å². The number of amides is 1. The van der Waals surface area contributed by atoms with Crippen molar-refractivity contribution in [2.45, 2.75) is 0 Å². The van der Waals surface area contributed by atoms with Gasteiger partial charge >= 0.3 is 0 Å². The van der Waals surface area contributed by atoms with Gasteiger partial charge < -0.3 is 5.32 Å². The predicted octanol–water partition coefficient (Wildman–Crippen LogP) is 1.54. The minimum atomic E-state index is -0.360. The third-order valence-electron chi connectivity index (χ3n) is 2.08. The summed E-state index contributed by atoms with van der Waals surface area (Å²) in [4.78, 5) is 30.0. The monoisotopic (exact) mass is 227 g/mol. The molecule has 1 amide bonds. The second-order valence-corrected chi connectivity index (χ2v) is 3.29. The number of anilines is 1. The maximum absolute atomic E-state index is 11.7. The van der Waals surface area contributed by atoms with Gasteiger partial charge in [-0.2, -0.15) is 0 Å². The van der Waals surface area contributed by atoms with E-state index in [0.29, 0.717) is 11.3 Å². The number of nitrogens with zero attached hydrogens (tertiary/aromatic N) is 2. The number of aldehydes is 1. The van der Waals surface area contributed by atoms with Crippen LogP contribution in [-0.2, 0) is 0 Å². The van der Waals surface area contributed by atoms with Gasteiger partial charge in [0.2, 0.25) is 0 Å². The van der Waals surface area contributed by atoms with Crippen LogP contribution in [0.1, 0.15) is 20.8 Å². The number of nitrogens with one attached hydrogen (secondary N) is 1. The Balaban J connectivity index is 2.16. The molecular weight excluding hydrogens is 218 g/mol. The molecule has 1 N–H and O–H groups in total. The Morgan fingerprint density at radius 3 is 2.88 bits per heavy atom. The number of rotatable bonds is 3. The molecule has 1 heterocycles. The van der Waals surface area contributed by atoms with Gasteiger partial charge in [0, 0.05) is 23.6 Å². The summed E-state index contributed by atoms with van der Waals surface area (Å²) in [7, 11) is 0. The minimum Gasteiger partial charge on any atom is -0.321 e. The lowest BCUT2D eigenvalue weighted by atomic mass is 10.2. The molecule has 1 aromatic carbocycles. The molecule has 1 aromatic heterocycles. The first-order valence-corrected chi connectivity index (χ1v) is 4.92. The SMILES string of the molecule is O=Cc1cccc(NC(=O)c2cnccn2)c1. The maximum atomic E-state index is 11.7. The Hall–Kier alpha value is -2.56. The van der Waals surface area contributed by atoms with Gasteiger partial charge in [-0.25, -0.2) is 4.98 Å². The van der Waals surface area contributed by atoms with Crippen LogP contribution in [0, 0.1) is 0 Å². The molecule has 0 fully saturated rings. The van der Waals surface area contributed by atoms with Crippen molar-refractivity contribution < 1.29 is 9.59 Å². The van der Waals surface area contributed by atoms with E-state index < -0.39 is 0 Å². The molecule has 84 valence electrons. The number of carbonyl (C=O) groups excluding carboxylic acids is 2. The molecule has 5 nitrogen and oxygen atoms in total. The molecule has 0 spiro atoms. The first-order valence-electron chi connectivity index (χ1n) is 4.92. The van der Waals surface area contributed by atoms with Crippen LogP contribution in [0.2, 0.25) is 0 Å². The van der Waals surface area contributed by atoms with Crippen LogP contribution in [0.15, 0.2) is 42.9 Å². The van der Waals surface area contributed by atoms with E-state index >= 15 is 0 Å². The van der Waals surface area contributed by atoms with Gasteiger partial charge in [-0.05, 0) is 12.1 Å². The van der Waals surface area contributed by atoms with Crippen LogP contribution in [0.3, 0.4) is 0 Å². The molecule has 0 saturated heterocycles.